The van der Waals surface area contributed by atoms with Crippen molar-refractivity contribution in [2.45, 2.75) is 6.10 Å². The standard InChI is InChI=1S/C17H16N2O5/c1-21-12-8-6-11(7-9-12)17(20)24-19-16(18)15-10-22-13-4-2-3-5-14(13)23-15/h2-9,15H,10H2,1H3,(H2,18,19)/t15-/m1/s1. The van der Waals surface area contributed by atoms with Crippen molar-refractivity contribution < 1.29 is 23.8 Å². The lowest BCUT2D eigenvalue weighted by atomic mass is 10.2. The number of benzene rings is 2. The highest BCUT2D eigenvalue weighted by Gasteiger charge is 2.24. The van der Waals surface area contributed by atoms with Gasteiger partial charge in [-0.25, -0.2) is 4.79 Å². The number of amidine groups is 1. The molecule has 0 saturated heterocycles. The third-order valence-corrected chi connectivity index (χ3v) is 3.40. The Labute approximate surface area is 138 Å². The first kappa shape index (κ1) is 15.7. The van der Waals surface area contributed by atoms with E-state index >= 15 is 0 Å². The normalized spacial score (nSPS) is 16.4. The Balaban J connectivity index is 1.63. The van der Waals surface area contributed by atoms with Crippen LogP contribution in [0.15, 0.2) is 53.7 Å². The molecule has 0 spiro atoms. The van der Waals surface area contributed by atoms with Crippen LogP contribution in [0.1, 0.15) is 10.4 Å². The zero-order chi connectivity index (χ0) is 16.9. The monoisotopic (exact) mass is 328 g/mol. The molecule has 0 aliphatic carbocycles. The first-order chi connectivity index (χ1) is 11.7. The van der Waals surface area contributed by atoms with Crippen molar-refractivity contribution in [3.63, 3.8) is 0 Å². The number of hydrogen-bond acceptors (Lipinski definition) is 6. The van der Waals surface area contributed by atoms with Gasteiger partial charge in [0.1, 0.15) is 12.4 Å². The number of carbonyl (C=O) groups is 1. The Morgan fingerprint density at radius 2 is 1.88 bits per heavy atom. The molecule has 0 radical (unpaired) electrons. The maximum absolute atomic E-state index is 11.9. The summed E-state index contributed by atoms with van der Waals surface area (Å²) < 4.78 is 16.2. The van der Waals surface area contributed by atoms with Crippen LogP contribution in [0, 0.1) is 0 Å². The second kappa shape index (κ2) is 6.91. The number of rotatable bonds is 4. The van der Waals surface area contributed by atoms with Crippen LogP contribution in [0.25, 0.3) is 0 Å². The van der Waals surface area contributed by atoms with Gasteiger partial charge in [-0.3, -0.25) is 0 Å². The highest BCUT2D eigenvalue weighted by atomic mass is 16.7. The number of nitrogens with zero attached hydrogens (tertiary/aromatic N) is 1. The predicted octanol–water partition coefficient (Wildman–Crippen LogP) is 1.96. The number of fused-ring (bicyclic) bond motifs is 1. The summed E-state index contributed by atoms with van der Waals surface area (Å²) in [5.41, 5.74) is 6.16. The van der Waals surface area contributed by atoms with Crippen molar-refractivity contribution in [1.29, 1.82) is 0 Å². The number of hydrogen-bond donors (Lipinski definition) is 1. The summed E-state index contributed by atoms with van der Waals surface area (Å²) in [6.07, 6.45) is -0.622. The van der Waals surface area contributed by atoms with Crippen LogP contribution in [-0.4, -0.2) is 31.6 Å². The third kappa shape index (κ3) is 3.40. The summed E-state index contributed by atoms with van der Waals surface area (Å²) >= 11 is 0. The number of nitrogens with two attached hydrogens (primary N) is 1. The number of para-hydroxylation sites is 2. The van der Waals surface area contributed by atoms with Gasteiger partial charge >= 0.3 is 5.97 Å². The fourth-order valence-electron chi connectivity index (χ4n) is 2.10. The van der Waals surface area contributed by atoms with Gasteiger partial charge < -0.3 is 24.8 Å². The lowest BCUT2D eigenvalue weighted by Gasteiger charge is -2.25. The van der Waals surface area contributed by atoms with Gasteiger partial charge in [0.15, 0.2) is 23.4 Å². The molecule has 1 atom stereocenters. The summed E-state index contributed by atoms with van der Waals surface area (Å²) in [5, 5.41) is 3.65. The molecule has 2 aromatic carbocycles. The molecular weight excluding hydrogens is 312 g/mol. The van der Waals surface area contributed by atoms with E-state index in [1.807, 2.05) is 12.1 Å². The fourth-order valence-corrected chi connectivity index (χ4v) is 2.10. The van der Waals surface area contributed by atoms with Crippen LogP contribution in [-0.2, 0) is 4.84 Å². The van der Waals surface area contributed by atoms with Gasteiger partial charge in [0, 0.05) is 0 Å². The second-order valence-corrected chi connectivity index (χ2v) is 4.99. The smallest absolute Gasteiger partial charge is 0.365 e. The molecule has 0 fully saturated rings. The molecule has 0 saturated carbocycles. The van der Waals surface area contributed by atoms with Crippen molar-refractivity contribution in [3.8, 4) is 17.2 Å². The molecule has 0 amide bonds. The van der Waals surface area contributed by atoms with E-state index in [2.05, 4.69) is 5.16 Å². The van der Waals surface area contributed by atoms with Crippen LogP contribution < -0.4 is 19.9 Å². The zero-order valence-electron chi connectivity index (χ0n) is 13.0. The van der Waals surface area contributed by atoms with Gasteiger partial charge in [-0.1, -0.05) is 17.3 Å². The quantitative estimate of drug-likeness (QED) is 0.399. The molecular formula is C17H16N2O5. The van der Waals surface area contributed by atoms with Gasteiger partial charge in [0.25, 0.3) is 0 Å². The topological polar surface area (TPSA) is 92.4 Å². The summed E-state index contributed by atoms with van der Waals surface area (Å²) in [5.74, 6) is 1.23. The Hall–Kier alpha value is -3.22. The zero-order valence-corrected chi connectivity index (χ0v) is 13.0. The first-order valence-corrected chi connectivity index (χ1v) is 7.24. The van der Waals surface area contributed by atoms with Crippen molar-refractivity contribution in [1.82, 2.24) is 0 Å². The number of oxime groups is 1. The lowest BCUT2D eigenvalue weighted by molar-refractivity contribution is 0.0504. The molecule has 7 nitrogen and oxygen atoms in total. The SMILES string of the molecule is COc1ccc(C(=O)O/N=C(\N)[C@H]2COc3ccccc3O2)cc1. The molecule has 1 heterocycles. The van der Waals surface area contributed by atoms with E-state index in [1.54, 1.807) is 43.5 Å². The Morgan fingerprint density at radius 1 is 1.17 bits per heavy atom. The third-order valence-electron chi connectivity index (χ3n) is 3.40. The van der Waals surface area contributed by atoms with Crippen molar-refractivity contribution >= 4 is 11.8 Å². The Morgan fingerprint density at radius 3 is 2.58 bits per heavy atom. The van der Waals surface area contributed by atoms with Gasteiger partial charge in [-0.2, -0.15) is 0 Å². The van der Waals surface area contributed by atoms with Crippen LogP contribution in [0.3, 0.4) is 0 Å². The second-order valence-electron chi connectivity index (χ2n) is 4.99. The molecule has 7 heteroatoms. The maximum atomic E-state index is 11.9. The highest BCUT2D eigenvalue weighted by molar-refractivity contribution is 5.91. The summed E-state index contributed by atoms with van der Waals surface area (Å²) in [6, 6.07) is 13.7. The van der Waals surface area contributed by atoms with E-state index in [4.69, 9.17) is 24.8 Å². The Kier molecular flexibility index (Phi) is 4.51. The molecule has 2 aromatic rings. The minimum absolute atomic E-state index is 0.0198. The fraction of sp³-hybridized carbons (Fsp3) is 0.176. The summed E-state index contributed by atoms with van der Waals surface area (Å²) in [7, 11) is 1.54. The van der Waals surface area contributed by atoms with Gasteiger partial charge in [-0.05, 0) is 36.4 Å². The van der Waals surface area contributed by atoms with E-state index in [0.717, 1.165) is 0 Å². The predicted molar refractivity (Wildman–Crippen MR) is 86.4 cm³/mol. The average molecular weight is 328 g/mol. The number of methoxy groups -OCH3 is 1. The summed E-state index contributed by atoms with van der Waals surface area (Å²) in [6.45, 7) is 0.187. The first-order valence-electron chi connectivity index (χ1n) is 7.24. The molecule has 1 aliphatic heterocycles. The molecule has 124 valence electrons. The van der Waals surface area contributed by atoms with Crippen LogP contribution in [0.5, 0.6) is 17.2 Å². The van der Waals surface area contributed by atoms with Crippen molar-refractivity contribution in [2.75, 3.05) is 13.7 Å². The van der Waals surface area contributed by atoms with Crippen molar-refractivity contribution in [2.24, 2.45) is 10.9 Å². The average Bonchev–Trinajstić information content (AvgIpc) is 2.65. The van der Waals surface area contributed by atoms with Crippen molar-refractivity contribution in [3.05, 3.63) is 54.1 Å². The van der Waals surface area contributed by atoms with E-state index in [-0.39, 0.29) is 12.4 Å². The molecule has 1 aliphatic rings. The molecule has 0 bridgehead atoms. The van der Waals surface area contributed by atoms with Crippen LogP contribution in [0.2, 0.25) is 0 Å². The molecule has 2 N–H and O–H groups in total. The van der Waals surface area contributed by atoms with Crippen LogP contribution >= 0.6 is 0 Å². The van der Waals surface area contributed by atoms with E-state index in [1.165, 1.54) is 0 Å². The molecule has 24 heavy (non-hydrogen) atoms. The van der Waals surface area contributed by atoms with E-state index in [0.29, 0.717) is 22.8 Å². The minimum atomic E-state index is -0.627. The summed E-state index contributed by atoms with van der Waals surface area (Å²) in [4.78, 5) is 16.8. The van der Waals surface area contributed by atoms with Gasteiger partial charge in [-0.15, -0.1) is 0 Å². The van der Waals surface area contributed by atoms with E-state index < -0.39 is 12.1 Å². The molecule has 0 unspecified atom stereocenters. The molecule has 3 rings (SSSR count). The minimum Gasteiger partial charge on any atom is -0.497 e. The lowest BCUT2D eigenvalue weighted by Crippen LogP contribution is -2.41. The molecule has 0 aromatic heterocycles. The van der Waals surface area contributed by atoms with Crippen LogP contribution in [0.4, 0.5) is 0 Å². The number of carbonyl (C=O) groups excluding carboxylic acids is 1. The van der Waals surface area contributed by atoms with Gasteiger partial charge in [0.05, 0.1) is 12.7 Å². The Bertz CT molecular complexity index is 758. The largest absolute Gasteiger partial charge is 0.497 e. The number of ether oxygens (including phenoxy) is 3. The highest BCUT2D eigenvalue weighted by Crippen LogP contribution is 2.30. The van der Waals surface area contributed by atoms with Gasteiger partial charge in [0.2, 0.25) is 0 Å². The van der Waals surface area contributed by atoms with E-state index in [9.17, 15) is 4.79 Å². The maximum Gasteiger partial charge on any atom is 0.365 e.